The number of aryl methyl sites for hydroxylation is 1. The van der Waals surface area contributed by atoms with Gasteiger partial charge in [0.15, 0.2) is 0 Å². The van der Waals surface area contributed by atoms with E-state index in [2.05, 4.69) is 30.6 Å². The van der Waals surface area contributed by atoms with Crippen LogP contribution in [-0.2, 0) is 17.7 Å². The van der Waals surface area contributed by atoms with Gasteiger partial charge in [-0.1, -0.05) is 11.4 Å². The Morgan fingerprint density at radius 1 is 1.58 bits per heavy atom. The second-order valence-electron chi connectivity index (χ2n) is 4.01. The quantitative estimate of drug-likeness (QED) is 0.862. The summed E-state index contributed by atoms with van der Waals surface area (Å²) in [5.41, 5.74) is 8.23. The number of aromatic nitrogens is 4. The van der Waals surface area contributed by atoms with Crippen molar-refractivity contribution in [1.29, 1.82) is 0 Å². The minimum atomic E-state index is -0.274. The zero-order chi connectivity index (χ0) is 13.8. The Hall–Kier alpha value is -0.830. The summed E-state index contributed by atoms with van der Waals surface area (Å²) >= 11 is 4.84. The average molecular weight is 346 g/mol. The summed E-state index contributed by atoms with van der Waals surface area (Å²) in [7, 11) is 1.67. The molecule has 104 valence electrons. The Kier molecular flexibility index (Phi) is 5.03. The maximum atomic E-state index is 6.35. The third-order valence-electron chi connectivity index (χ3n) is 2.84. The normalized spacial score (nSPS) is 12.8. The lowest BCUT2D eigenvalue weighted by Gasteiger charge is -2.14. The van der Waals surface area contributed by atoms with Gasteiger partial charge in [0.1, 0.15) is 0 Å². The molecule has 0 aliphatic rings. The van der Waals surface area contributed by atoms with Crippen molar-refractivity contribution in [3.05, 3.63) is 26.9 Å². The van der Waals surface area contributed by atoms with Crippen LogP contribution in [0.5, 0.6) is 0 Å². The van der Waals surface area contributed by atoms with Crippen LogP contribution in [0.15, 0.2) is 10.7 Å². The zero-order valence-electron chi connectivity index (χ0n) is 10.8. The summed E-state index contributed by atoms with van der Waals surface area (Å²) in [5.74, 6) is 0. The fraction of sp³-hybridized carbons (Fsp3) is 0.545. The molecule has 2 aromatic rings. The van der Waals surface area contributed by atoms with Gasteiger partial charge >= 0.3 is 0 Å². The summed E-state index contributed by atoms with van der Waals surface area (Å²) in [6.45, 7) is 3.30. The van der Waals surface area contributed by atoms with Crippen molar-refractivity contribution in [1.82, 2.24) is 19.4 Å². The molecule has 1 unspecified atom stereocenters. The number of methoxy groups -OCH3 is 1. The van der Waals surface area contributed by atoms with Gasteiger partial charge in [0.25, 0.3) is 0 Å². The highest BCUT2D eigenvalue weighted by Gasteiger charge is 2.22. The first-order valence-corrected chi connectivity index (χ1v) is 7.52. The van der Waals surface area contributed by atoms with E-state index < -0.39 is 0 Å². The number of ether oxygens (including phenoxy) is 1. The second-order valence-corrected chi connectivity index (χ2v) is 5.65. The monoisotopic (exact) mass is 345 g/mol. The first-order chi connectivity index (χ1) is 9.19. The van der Waals surface area contributed by atoms with Crippen LogP contribution in [0, 0.1) is 0 Å². The molecular formula is C11H16BrN5OS. The van der Waals surface area contributed by atoms with Crippen LogP contribution in [-0.4, -0.2) is 33.1 Å². The van der Waals surface area contributed by atoms with Gasteiger partial charge in [-0.05, 0) is 33.9 Å². The van der Waals surface area contributed by atoms with Crippen molar-refractivity contribution in [2.24, 2.45) is 5.73 Å². The first kappa shape index (κ1) is 14.6. The van der Waals surface area contributed by atoms with E-state index >= 15 is 0 Å². The van der Waals surface area contributed by atoms with E-state index in [1.807, 2.05) is 11.6 Å². The van der Waals surface area contributed by atoms with Crippen molar-refractivity contribution in [3.8, 4) is 0 Å². The van der Waals surface area contributed by atoms with Gasteiger partial charge in [-0.25, -0.2) is 0 Å². The Balaban J connectivity index is 2.32. The molecule has 0 saturated heterocycles. The van der Waals surface area contributed by atoms with Gasteiger partial charge < -0.3 is 10.5 Å². The lowest BCUT2D eigenvalue weighted by Crippen LogP contribution is -2.19. The van der Waals surface area contributed by atoms with Gasteiger partial charge in [-0.3, -0.25) is 4.68 Å². The molecule has 6 nitrogen and oxygen atoms in total. The zero-order valence-corrected chi connectivity index (χ0v) is 13.2. The number of nitrogens with zero attached hydrogens (tertiary/aromatic N) is 4. The molecule has 19 heavy (non-hydrogen) atoms. The van der Waals surface area contributed by atoms with Crippen LogP contribution in [0.25, 0.3) is 0 Å². The van der Waals surface area contributed by atoms with Crippen LogP contribution in [0.2, 0.25) is 0 Å². The van der Waals surface area contributed by atoms with E-state index in [0.717, 1.165) is 27.2 Å². The molecule has 2 aromatic heterocycles. The maximum absolute atomic E-state index is 6.35. The number of hydrogen-bond acceptors (Lipinski definition) is 6. The van der Waals surface area contributed by atoms with Crippen LogP contribution >= 0.6 is 27.5 Å². The molecule has 0 spiro atoms. The minimum Gasteiger partial charge on any atom is -0.383 e. The minimum absolute atomic E-state index is 0.274. The van der Waals surface area contributed by atoms with E-state index in [4.69, 9.17) is 10.5 Å². The molecule has 0 fully saturated rings. The average Bonchev–Trinajstić information content (AvgIpc) is 3.02. The van der Waals surface area contributed by atoms with Gasteiger partial charge in [0, 0.05) is 7.11 Å². The first-order valence-electron chi connectivity index (χ1n) is 5.95. The van der Waals surface area contributed by atoms with Crippen LogP contribution in [0.4, 0.5) is 0 Å². The van der Waals surface area contributed by atoms with Crippen molar-refractivity contribution in [2.45, 2.75) is 25.9 Å². The van der Waals surface area contributed by atoms with E-state index in [0.29, 0.717) is 13.2 Å². The summed E-state index contributed by atoms with van der Waals surface area (Å²) < 4.78 is 11.8. The smallest absolute Gasteiger partial charge is 0.0863 e. The number of rotatable bonds is 6. The SMILES string of the molecule is CCc1nnsc1C(N)c1c(Br)cnn1CCOC. The molecule has 0 saturated carbocycles. The number of halogens is 1. The molecule has 8 heteroatoms. The van der Waals surface area contributed by atoms with E-state index in [9.17, 15) is 0 Å². The Morgan fingerprint density at radius 3 is 3.05 bits per heavy atom. The van der Waals surface area contributed by atoms with Crippen LogP contribution < -0.4 is 5.73 Å². The van der Waals surface area contributed by atoms with Gasteiger partial charge in [0.2, 0.25) is 0 Å². The molecule has 0 aliphatic carbocycles. The second kappa shape index (κ2) is 6.56. The number of hydrogen-bond donors (Lipinski definition) is 1. The van der Waals surface area contributed by atoms with Gasteiger partial charge in [0.05, 0.1) is 46.1 Å². The highest BCUT2D eigenvalue weighted by molar-refractivity contribution is 9.10. The largest absolute Gasteiger partial charge is 0.383 e. The van der Waals surface area contributed by atoms with E-state index in [1.165, 1.54) is 11.5 Å². The molecular weight excluding hydrogens is 330 g/mol. The highest BCUT2D eigenvalue weighted by Crippen LogP contribution is 2.30. The predicted molar refractivity (Wildman–Crippen MR) is 77.1 cm³/mol. The molecule has 0 bridgehead atoms. The Labute approximate surface area is 124 Å². The maximum Gasteiger partial charge on any atom is 0.0863 e. The molecule has 0 aromatic carbocycles. The van der Waals surface area contributed by atoms with Crippen LogP contribution in [0.3, 0.4) is 0 Å². The summed E-state index contributed by atoms with van der Waals surface area (Å²) in [6.07, 6.45) is 2.58. The third kappa shape index (κ3) is 3.02. The molecule has 2 N–H and O–H groups in total. The molecule has 1 atom stereocenters. The van der Waals surface area contributed by atoms with Crippen molar-refractivity contribution >= 4 is 27.5 Å². The summed E-state index contributed by atoms with van der Waals surface area (Å²) in [6, 6.07) is -0.274. The molecule has 2 rings (SSSR count). The third-order valence-corrected chi connectivity index (χ3v) is 4.30. The van der Waals surface area contributed by atoms with E-state index in [-0.39, 0.29) is 6.04 Å². The predicted octanol–water partition coefficient (Wildman–Crippen LogP) is 1.75. The summed E-state index contributed by atoms with van der Waals surface area (Å²) in [5, 5.41) is 8.42. The molecule has 2 heterocycles. The Morgan fingerprint density at radius 2 is 2.37 bits per heavy atom. The van der Waals surface area contributed by atoms with Gasteiger partial charge in [-0.2, -0.15) is 5.10 Å². The van der Waals surface area contributed by atoms with Crippen molar-refractivity contribution < 1.29 is 4.74 Å². The highest BCUT2D eigenvalue weighted by atomic mass is 79.9. The topological polar surface area (TPSA) is 78.9 Å². The van der Waals surface area contributed by atoms with E-state index in [1.54, 1.807) is 13.3 Å². The summed E-state index contributed by atoms with van der Waals surface area (Å²) in [4.78, 5) is 0.988. The lowest BCUT2D eigenvalue weighted by atomic mass is 10.1. The lowest BCUT2D eigenvalue weighted by molar-refractivity contribution is 0.182. The fourth-order valence-corrected chi connectivity index (χ4v) is 3.14. The molecule has 0 aliphatic heterocycles. The Bertz CT molecular complexity index is 541. The van der Waals surface area contributed by atoms with Gasteiger partial charge in [-0.15, -0.1) is 5.10 Å². The fourth-order valence-electron chi connectivity index (χ4n) is 1.86. The standard InChI is InChI=1S/C11H16BrN5OS/c1-3-8-11(19-16-15-8)9(13)10-7(12)6-14-17(10)4-5-18-2/h6,9H,3-5,13H2,1-2H3. The number of nitrogens with two attached hydrogens (primary N) is 1. The molecule has 0 amide bonds. The van der Waals surface area contributed by atoms with Crippen LogP contribution in [0.1, 0.15) is 29.2 Å². The van der Waals surface area contributed by atoms with Crippen molar-refractivity contribution in [3.63, 3.8) is 0 Å². The van der Waals surface area contributed by atoms with Crippen molar-refractivity contribution in [2.75, 3.05) is 13.7 Å². The molecule has 0 radical (unpaired) electrons.